The van der Waals surface area contributed by atoms with Crippen molar-refractivity contribution in [3.05, 3.63) is 36.4 Å². The summed E-state index contributed by atoms with van der Waals surface area (Å²) in [5, 5.41) is 1.23. The second-order valence-electron chi connectivity index (χ2n) is 3.53. The molecule has 0 aliphatic carbocycles. The molecule has 0 atom stereocenters. The zero-order chi connectivity index (χ0) is 11.5. The van der Waals surface area contributed by atoms with E-state index in [1.54, 1.807) is 18.9 Å². The fourth-order valence-electron chi connectivity index (χ4n) is 1.83. The molecule has 0 amide bonds. The Bertz CT molecular complexity index is 476. The molecule has 2 rings (SSSR count). The molecule has 0 bridgehead atoms. The number of benzene rings is 1. The van der Waals surface area contributed by atoms with Crippen molar-refractivity contribution >= 4 is 11.8 Å². The van der Waals surface area contributed by atoms with Crippen molar-refractivity contribution in [1.29, 1.82) is 0 Å². The van der Waals surface area contributed by atoms with E-state index in [1.165, 1.54) is 16.2 Å². The van der Waals surface area contributed by atoms with Crippen LogP contribution in [0.25, 0.3) is 11.1 Å². The summed E-state index contributed by atoms with van der Waals surface area (Å²) in [4.78, 5) is 0. The molecule has 0 saturated carbocycles. The summed E-state index contributed by atoms with van der Waals surface area (Å²) >= 11 is 1.74. The molecule has 0 spiro atoms. The Kier molecular flexibility index (Phi) is 3.25. The number of methoxy groups -OCH3 is 1. The molecule has 1 aromatic heterocycles. The highest BCUT2D eigenvalue weighted by Gasteiger charge is 2.13. The Balaban J connectivity index is 2.57. The van der Waals surface area contributed by atoms with E-state index in [0.717, 1.165) is 5.88 Å². The van der Waals surface area contributed by atoms with Gasteiger partial charge in [0.1, 0.15) is 0 Å². The van der Waals surface area contributed by atoms with Crippen LogP contribution in [0, 0.1) is 0 Å². The molecule has 0 N–H and O–H groups in total. The normalized spacial score (nSPS) is 10.4. The lowest BCUT2D eigenvalue weighted by atomic mass is 10.1. The van der Waals surface area contributed by atoms with Crippen LogP contribution in [0.4, 0.5) is 0 Å². The number of thioether (sulfide) groups is 1. The molecule has 1 aromatic carbocycles. The van der Waals surface area contributed by atoms with Gasteiger partial charge in [-0.2, -0.15) is 0 Å². The van der Waals surface area contributed by atoms with Crippen LogP contribution in [0.15, 0.2) is 41.4 Å². The van der Waals surface area contributed by atoms with Gasteiger partial charge in [-0.3, -0.25) is 0 Å². The van der Waals surface area contributed by atoms with Crippen molar-refractivity contribution in [2.45, 2.75) is 5.03 Å². The highest BCUT2D eigenvalue weighted by Crippen LogP contribution is 2.35. The van der Waals surface area contributed by atoms with Gasteiger partial charge in [-0.05, 0) is 11.8 Å². The molecular weight excluding hydrogens is 218 g/mol. The van der Waals surface area contributed by atoms with Gasteiger partial charge < -0.3 is 9.30 Å². The van der Waals surface area contributed by atoms with Crippen molar-refractivity contribution in [2.75, 3.05) is 13.4 Å². The summed E-state index contributed by atoms with van der Waals surface area (Å²) in [6.45, 7) is 0. The lowest BCUT2D eigenvalue weighted by Gasteiger charge is -2.05. The van der Waals surface area contributed by atoms with Crippen LogP contribution >= 0.6 is 11.8 Å². The monoisotopic (exact) mass is 233 g/mol. The minimum atomic E-state index is 0.892. The number of hydrogen-bond acceptors (Lipinski definition) is 2. The highest BCUT2D eigenvalue weighted by atomic mass is 32.2. The van der Waals surface area contributed by atoms with E-state index in [2.05, 4.69) is 41.2 Å². The van der Waals surface area contributed by atoms with Crippen molar-refractivity contribution in [1.82, 2.24) is 4.57 Å². The topological polar surface area (TPSA) is 14.2 Å². The Morgan fingerprint density at radius 2 is 1.88 bits per heavy atom. The van der Waals surface area contributed by atoms with Crippen LogP contribution in [0.1, 0.15) is 0 Å². The maximum absolute atomic E-state index is 5.34. The molecule has 0 aliphatic heterocycles. The van der Waals surface area contributed by atoms with Crippen molar-refractivity contribution in [3.63, 3.8) is 0 Å². The fourth-order valence-corrected chi connectivity index (χ4v) is 2.59. The molecule has 2 aromatic rings. The predicted octanol–water partition coefficient (Wildman–Crippen LogP) is 3.42. The van der Waals surface area contributed by atoms with Gasteiger partial charge in [0.25, 0.3) is 0 Å². The van der Waals surface area contributed by atoms with E-state index in [9.17, 15) is 0 Å². The third-order valence-electron chi connectivity index (χ3n) is 2.62. The molecule has 0 saturated heterocycles. The molecule has 0 unspecified atom stereocenters. The van der Waals surface area contributed by atoms with Crippen LogP contribution < -0.4 is 4.74 Å². The first-order chi connectivity index (χ1) is 7.77. The molecule has 0 aliphatic rings. The third kappa shape index (κ3) is 1.83. The zero-order valence-corrected chi connectivity index (χ0v) is 10.5. The van der Waals surface area contributed by atoms with E-state index < -0.39 is 0 Å². The number of hydrogen-bond donors (Lipinski definition) is 0. The van der Waals surface area contributed by atoms with Crippen LogP contribution in [-0.2, 0) is 7.05 Å². The van der Waals surface area contributed by atoms with Crippen LogP contribution in [-0.4, -0.2) is 17.9 Å². The number of rotatable bonds is 3. The summed E-state index contributed by atoms with van der Waals surface area (Å²) in [5.41, 5.74) is 2.46. The first-order valence-corrected chi connectivity index (χ1v) is 6.33. The van der Waals surface area contributed by atoms with Crippen molar-refractivity contribution in [2.24, 2.45) is 7.05 Å². The average Bonchev–Trinajstić information content (AvgIpc) is 2.66. The predicted molar refractivity (Wildman–Crippen MR) is 69.2 cm³/mol. The average molecular weight is 233 g/mol. The molecule has 1 heterocycles. The van der Waals surface area contributed by atoms with E-state index >= 15 is 0 Å². The summed E-state index contributed by atoms with van der Waals surface area (Å²) < 4.78 is 7.42. The second-order valence-corrected chi connectivity index (χ2v) is 4.33. The number of nitrogens with zero attached hydrogens (tertiary/aromatic N) is 1. The van der Waals surface area contributed by atoms with Crippen LogP contribution in [0.5, 0.6) is 5.88 Å². The largest absolute Gasteiger partial charge is 0.482 e. The van der Waals surface area contributed by atoms with E-state index in [4.69, 9.17) is 4.74 Å². The smallest absolute Gasteiger partial charge is 0.194 e. The maximum Gasteiger partial charge on any atom is 0.194 e. The summed E-state index contributed by atoms with van der Waals surface area (Å²) in [5.74, 6) is 0.892. The molecule has 3 heteroatoms. The van der Waals surface area contributed by atoms with Crippen LogP contribution in [0.3, 0.4) is 0 Å². The van der Waals surface area contributed by atoms with Crippen molar-refractivity contribution in [3.8, 4) is 17.0 Å². The van der Waals surface area contributed by atoms with Gasteiger partial charge in [-0.1, -0.05) is 30.3 Å². The van der Waals surface area contributed by atoms with Crippen molar-refractivity contribution < 1.29 is 4.74 Å². The standard InChI is InChI=1S/C13H15NOS/c1-14-12(15-2)9-11(13(14)16-3)10-7-5-4-6-8-10/h4-9H,1-3H3. The Hall–Kier alpha value is -1.35. The Morgan fingerprint density at radius 3 is 2.44 bits per heavy atom. The van der Waals surface area contributed by atoms with Gasteiger partial charge in [0.2, 0.25) is 0 Å². The second kappa shape index (κ2) is 4.66. The summed E-state index contributed by atoms with van der Waals surface area (Å²) in [7, 11) is 3.73. The van der Waals surface area contributed by atoms with Gasteiger partial charge in [0.15, 0.2) is 5.88 Å². The van der Waals surface area contributed by atoms with E-state index in [-0.39, 0.29) is 0 Å². The lowest BCUT2D eigenvalue weighted by Crippen LogP contribution is -1.94. The van der Waals surface area contributed by atoms with Gasteiger partial charge >= 0.3 is 0 Å². The Morgan fingerprint density at radius 1 is 1.19 bits per heavy atom. The minimum Gasteiger partial charge on any atom is -0.482 e. The number of ether oxygens (including phenoxy) is 1. The van der Waals surface area contributed by atoms with Gasteiger partial charge in [0, 0.05) is 18.7 Å². The molecule has 0 fully saturated rings. The quantitative estimate of drug-likeness (QED) is 0.754. The highest BCUT2D eigenvalue weighted by molar-refractivity contribution is 7.98. The van der Waals surface area contributed by atoms with Gasteiger partial charge in [-0.15, -0.1) is 11.8 Å². The molecule has 2 nitrogen and oxygen atoms in total. The van der Waals surface area contributed by atoms with E-state index in [0.29, 0.717) is 0 Å². The van der Waals surface area contributed by atoms with Gasteiger partial charge in [-0.25, -0.2) is 0 Å². The number of aromatic nitrogens is 1. The fraction of sp³-hybridized carbons (Fsp3) is 0.231. The molecule has 0 radical (unpaired) electrons. The molecular formula is C13H15NOS. The summed E-state index contributed by atoms with van der Waals surface area (Å²) in [6, 6.07) is 12.5. The van der Waals surface area contributed by atoms with Crippen LogP contribution in [0.2, 0.25) is 0 Å². The van der Waals surface area contributed by atoms with E-state index in [1.807, 2.05) is 13.1 Å². The zero-order valence-electron chi connectivity index (χ0n) is 9.73. The first kappa shape index (κ1) is 11.1. The summed E-state index contributed by atoms with van der Waals surface area (Å²) in [6.07, 6.45) is 2.08. The first-order valence-electron chi connectivity index (χ1n) is 5.11. The van der Waals surface area contributed by atoms with Gasteiger partial charge in [0.05, 0.1) is 12.1 Å². The lowest BCUT2D eigenvalue weighted by molar-refractivity contribution is 0.377. The SMILES string of the molecule is COc1cc(-c2ccccc2)c(SC)n1C. The molecule has 16 heavy (non-hydrogen) atoms. The maximum atomic E-state index is 5.34. The molecule has 84 valence electrons. The third-order valence-corrected chi connectivity index (χ3v) is 3.50. The Labute approximate surface area is 100 Å². The minimum absolute atomic E-state index is 0.892.